The van der Waals surface area contributed by atoms with Gasteiger partial charge in [0.25, 0.3) is 5.91 Å². The van der Waals surface area contributed by atoms with Crippen LogP contribution in [0.2, 0.25) is 0 Å². The number of alkyl halides is 1. The van der Waals surface area contributed by atoms with Crippen LogP contribution in [0.15, 0.2) is 42.5 Å². The molecule has 4 nitrogen and oxygen atoms in total. The van der Waals surface area contributed by atoms with Crippen molar-refractivity contribution in [2.24, 2.45) is 0 Å². The summed E-state index contributed by atoms with van der Waals surface area (Å²) >= 11 is 5.63. The molecular formula is C20H17ClN2O2. The number of nitrogens with one attached hydrogen (secondary N) is 2. The third kappa shape index (κ3) is 2.83. The van der Waals surface area contributed by atoms with E-state index in [1.54, 1.807) is 0 Å². The van der Waals surface area contributed by atoms with Crippen LogP contribution in [0.4, 0.5) is 5.69 Å². The average molecular weight is 353 g/mol. The highest BCUT2D eigenvalue weighted by atomic mass is 35.5. The topological polar surface area (TPSA) is 58.2 Å². The summed E-state index contributed by atoms with van der Waals surface area (Å²) in [5, 5.41) is 5.97. The van der Waals surface area contributed by atoms with Crippen molar-refractivity contribution in [2.45, 2.75) is 18.9 Å². The second kappa shape index (κ2) is 6.37. The van der Waals surface area contributed by atoms with Gasteiger partial charge in [0.05, 0.1) is 6.04 Å². The van der Waals surface area contributed by atoms with Gasteiger partial charge in [-0.1, -0.05) is 24.3 Å². The van der Waals surface area contributed by atoms with Crippen LogP contribution in [0, 0.1) is 0 Å². The highest BCUT2D eigenvalue weighted by molar-refractivity contribution is 6.18. The van der Waals surface area contributed by atoms with E-state index in [-0.39, 0.29) is 17.9 Å². The normalized spacial score (nSPS) is 17.1. The molecule has 25 heavy (non-hydrogen) atoms. The number of anilines is 1. The zero-order valence-corrected chi connectivity index (χ0v) is 14.3. The first kappa shape index (κ1) is 15.9. The standard InChI is InChI=1S/C20H17ClN2O2/c21-9-3-6-18(24)22-13-8-7-12-10-17-14-4-1-2-5-15(14)20(25)23-19(17)16(12)11-13/h1-2,4-5,7-8,10-11,19H,3,6,9H2,(H,22,24)(H,23,25). The molecule has 2 aliphatic rings. The largest absolute Gasteiger partial charge is 0.341 e. The fraction of sp³-hybridized carbons (Fsp3) is 0.200. The van der Waals surface area contributed by atoms with Crippen molar-refractivity contribution in [3.05, 3.63) is 64.7 Å². The minimum atomic E-state index is -0.169. The van der Waals surface area contributed by atoms with Gasteiger partial charge in [0.2, 0.25) is 5.91 Å². The van der Waals surface area contributed by atoms with E-state index >= 15 is 0 Å². The Balaban J connectivity index is 1.64. The van der Waals surface area contributed by atoms with E-state index in [0.717, 1.165) is 28.0 Å². The van der Waals surface area contributed by atoms with Gasteiger partial charge < -0.3 is 10.6 Å². The van der Waals surface area contributed by atoms with E-state index in [0.29, 0.717) is 24.3 Å². The molecule has 0 aromatic heterocycles. The predicted molar refractivity (Wildman–Crippen MR) is 99.5 cm³/mol. The van der Waals surface area contributed by atoms with Gasteiger partial charge in [0, 0.05) is 23.6 Å². The van der Waals surface area contributed by atoms with Gasteiger partial charge in [-0.3, -0.25) is 9.59 Å². The summed E-state index contributed by atoms with van der Waals surface area (Å²) in [4.78, 5) is 24.3. The molecule has 0 radical (unpaired) electrons. The fourth-order valence-corrected chi connectivity index (χ4v) is 3.57. The molecule has 1 aliphatic heterocycles. The third-order valence-electron chi connectivity index (χ3n) is 4.60. The molecule has 2 aromatic carbocycles. The maximum Gasteiger partial charge on any atom is 0.252 e. The zero-order chi connectivity index (χ0) is 17.4. The van der Waals surface area contributed by atoms with Crippen LogP contribution < -0.4 is 10.6 Å². The average Bonchev–Trinajstić information content (AvgIpc) is 2.98. The second-order valence-electron chi connectivity index (χ2n) is 6.24. The van der Waals surface area contributed by atoms with Crippen LogP contribution in [-0.4, -0.2) is 17.7 Å². The lowest BCUT2D eigenvalue weighted by molar-refractivity contribution is -0.116. The first-order valence-corrected chi connectivity index (χ1v) is 8.82. The van der Waals surface area contributed by atoms with Crippen LogP contribution in [0.25, 0.3) is 11.6 Å². The van der Waals surface area contributed by atoms with Gasteiger partial charge in [-0.2, -0.15) is 0 Å². The van der Waals surface area contributed by atoms with Crippen molar-refractivity contribution in [1.29, 1.82) is 0 Å². The maximum atomic E-state index is 12.4. The Morgan fingerprint density at radius 2 is 1.96 bits per heavy atom. The Hall–Kier alpha value is -2.59. The molecule has 1 aliphatic carbocycles. The number of fused-ring (bicyclic) bond motifs is 5. The van der Waals surface area contributed by atoms with E-state index in [9.17, 15) is 9.59 Å². The van der Waals surface area contributed by atoms with E-state index < -0.39 is 0 Å². The van der Waals surface area contributed by atoms with E-state index in [1.807, 2.05) is 42.5 Å². The summed E-state index contributed by atoms with van der Waals surface area (Å²) in [6.07, 6.45) is 3.16. The van der Waals surface area contributed by atoms with Crippen molar-refractivity contribution in [2.75, 3.05) is 11.2 Å². The molecule has 0 spiro atoms. The Labute approximate surface area is 150 Å². The number of halogens is 1. The number of carbonyl (C=O) groups is 2. The molecule has 2 N–H and O–H groups in total. The molecule has 5 heteroatoms. The summed E-state index contributed by atoms with van der Waals surface area (Å²) in [6, 6.07) is 13.3. The number of hydrogen-bond acceptors (Lipinski definition) is 2. The van der Waals surface area contributed by atoms with Crippen LogP contribution >= 0.6 is 11.6 Å². The molecule has 126 valence electrons. The zero-order valence-electron chi connectivity index (χ0n) is 13.5. The Morgan fingerprint density at radius 1 is 1.16 bits per heavy atom. The number of rotatable bonds is 4. The van der Waals surface area contributed by atoms with Crippen molar-refractivity contribution < 1.29 is 9.59 Å². The molecule has 1 atom stereocenters. The van der Waals surface area contributed by atoms with Crippen molar-refractivity contribution >= 4 is 40.8 Å². The molecule has 0 fully saturated rings. The molecule has 0 saturated heterocycles. The van der Waals surface area contributed by atoms with Gasteiger partial charge in [0.1, 0.15) is 0 Å². The highest BCUT2D eigenvalue weighted by Gasteiger charge is 2.34. The fourth-order valence-electron chi connectivity index (χ4n) is 3.43. The quantitative estimate of drug-likeness (QED) is 0.817. The SMILES string of the molecule is O=C(CCCCl)Nc1ccc2c(c1)C1NC(=O)c3ccccc3C1=C2. The lowest BCUT2D eigenvalue weighted by Gasteiger charge is -2.26. The number of amides is 2. The van der Waals surface area contributed by atoms with Crippen LogP contribution in [0.3, 0.4) is 0 Å². The number of benzene rings is 2. The van der Waals surface area contributed by atoms with Gasteiger partial charge in [0.15, 0.2) is 0 Å². The van der Waals surface area contributed by atoms with Gasteiger partial charge in [-0.25, -0.2) is 0 Å². The van der Waals surface area contributed by atoms with Crippen LogP contribution in [0.1, 0.15) is 45.9 Å². The first-order chi connectivity index (χ1) is 12.2. The Kier molecular flexibility index (Phi) is 4.06. The van der Waals surface area contributed by atoms with Gasteiger partial charge >= 0.3 is 0 Å². The predicted octanol–water partition coefficient (Wildman–Crippen LogP) is 3.98. The summed E-state index contributed by atoms with van der Waals surface area (Å²) in [5.74, 6) is 0.352. The van der Waals surface area contributed by atoms with Crippen molar-refractivity contribution in [3.63, 3.8) is 0 Å². The Morgan fingerprint density at radius 3 is 2.76 bits per heavy atom. The molecule has 0 saturated carbocycles. The molecule has 1 unspecified atom stereocenters. The minimum absolute atomic E-state index is 0.0511. The first-order valence-electron chi connectivity index (χ1n) is 8.29. The van der Waals surface area contributed by atoms with E-state index in [2.05, 4.69) is 16.7 Å². The van der Waals surface area contributed by atoms with Gasteiger partial charge in [-0.15, -0.1) is 11.6 Å². The molecule has 2 aromatic rings. The maximum absolute atomic E-state index is 12.4. The molecule has 1 heterocycles. The number of carbonyl (C=O) groups excluding carboxylic acids is 2. The molecule has 0 bridgehead atoms. The summed E-state index contributed by atoms with van der Waals surface area (Å²) in [5.41, 5.74) is 5.58. The molecule has 2 amide bonds. The van der Waals surface area contributed by atoms with Crippen LogP contribution in [0.5, 0.6) is 0 Å². The van der Waals surface area contributed by atoms with E-state index in [1.165, 1.54) is 0 Å². The monoisotopic (exact) mass is 352 g/mol. The van der Waals surface area contributed by atoms with Crippen LogP contribution in [-0.2, 0) is 4.79 Å². The van der Waals surface area contributed by atoms with E-state index in [4.69, 9.17) is 11.6 Å². The second-order valence-corrected chi connectivity index (χ2v) is 6.61. The van der Waals surface area contributed by atoms with Gasteiger partial charge in [-0.05, 0) is 53.0 Å². The van der Waals surface area contributed by atoms with Crippen molar-refractivity contribution in [1.82, 2.24) is 5.32 Å². The third-order valence-corrected chi connectivity index (χ3v) is 4.87. The lowest BCUT2D eigenvalue weighted by atomic mass is 9.90. The molecular weight excluding hydrogens is 336 g/mol. The number of hydrogen-bond donors (Lipinski definition) is 2. The summed E-state index contributed by atoms with van der Waals surface area (Å²) < 4.78 is 0. The summed E-state index contributed by atoms with van der Waals surface area (Å²) in [7, 11) is 0. The Bertz CT molecular complexity index is 904. The minimum Gasteiger partial charge on any atom is -0.341 e. The smallest absolute Gasteiger partial charge is 0.252 e. The molecule has 4 rings (SSSR count). The summed E-state index contributed by atoms with van der Waals surface area (Å²) in [6.45, 7) is 0. The van der Waals surface area contributed by atoms with Crippen molar-refractivity contribution in [3.8, 4) is 0 Å². The highest BCUT2D eigenvalue weighted by Crippen LogP contribution is 2.44. The lowest BCUT2D eigenvalue weighted by Crippen LogP contribution is -2.33.